The summed E-state index contributed by atoms with van der Waals surface area (Å²) < 4.78 is 50.7. The van der Waals surface area contributed by atoms with Gasteiger partial charge in [-0.3, -0.25) is 14.4 Å². The van der Waals surface area contributed by atoms with Crippen molar-refractivity contribution in [3.8, 4) is 11.5 Å². The molecule has 3 rings (SSSR count). The maximum absolute atomic E-state index is 12.5. The fraction of sp³-hybridized carbons (Fsp3) is 0.318. The number of nitrogens with zero attached hydrogens (tertiary/aromatic N) is 1. The molecular formula is C22H21F3N2O6. The highest BCUT2D eigenvalue weighted by molar-refractivity contribution is 6.00. The molecule has 0 spiro atoms. The lowest BCUT2D eigenvalue weighted by atomic mass is 10.1. The highest BCUT2D eigenvalue weighted by atomic mass is 19.4. The van der Waals surface area contributed by atoms with Crippen LogP contribution in [0.1, 0.15) is 13.3 Å². The molecule has 1 fully saturated rings. The summed E-state index contributed by atoms with van der Waals surface area (Å²) >= 11 is 0. The van der Waals surface area contributed by atoms with Crippen LogP contribution in [0.3, 0.4) is 0 Å². The Morgan fingerprint density at radius 2 is 1.67 bits per heavy atom. The fourth-order valence-electron chi connectivity index (χ4n) is 3.18. The predicted molar refractivity (Wildman–Crippen MR) is 111 cm³/mol. The van der Waals surface area contributed by atoms with Gasteiger partial charge in [0.25, 0.3) is 5.91 Å². The summed E-state index contributed by atoms with van der Waals surface area (Å²) in [5.74, 6) is -2.18. The molecular weight excluding hydrogens is 445 g/mol. The second-order valence-corrected chi connectivity index (χ2v) is 7.24. The number of hydrogen-bond acceptors (Lipinski definition) is 6. The molecule has 0 aromatic heterocycles. The van der Waals surface area contributed by atoms with Gasteiger partial charge in [-0.05, 0) is 55.5 Å². The van der Waals surface area contributed by atoms with Crippen LogP contribution in [0.15, 0.2) is 48.5 Å². The number of carbonyl (C=O) groups excluding carboxylic acids is 3. The van der Waals surface area contributed by atoms with Crippen molar-refractivity contribution >= 4 is 29.2 Å². The van der Waals surface area contributed by atoms with Crippen LogP contribution in [0.25, 0.3) is 0 Å². The molecule has 1 saturated heterocycles. The number of esters is 1. The third kappa shape index (κ3) is 6.37. The molecule has 1 heterocycles. The highest BCUT2D eigenvalue weighted by Crippen LogP contribution is 2.28. The van der Waals surface area contributed by atoms with Crippen LogP contribution in [-0.4, -0.2) is 43.9 Å². The van der Waals surface area contributed by atoms with Gasteiger partial charge >= 0.3 is 12.3 Å². The summed E-state index contributed by atoms with van der Waals surface area (Å²) in [6.07, 6.45) is -6.06. The van der Waals surface area contributed by atoms with E-state index in [1.807, 2.05) is 0 Å². The molecule has 2 aromatic carbocycles. The van der Waals surface area contributed by atoms with Gasteiger partial charge in [-0.1, -0.05) is 0 Å². The summed E-state index contributed by atoms with van der Waals surface area (Å²) in [7, 11) is 1.52. The normalized spacial score (nSPS) is 16.8. The van der Waals surface area contributed by atoms with Crippen LogP contribution in [0.5, 0.6) is 11.5 Å². The van der Waals surface area contributed by atoms with Gasteiger partial charge in [0.2, 0.25) is 5.91 Å². The first-order valence-corrected chi connectivity index (χ1v) is 9.87. The van der Waals surface area contributed by atoms with Crippen molar-refractivity contribution in [2.24, 2.45) is 5.92 Å². The molecule has 2 atom stereocenters. The van der Waals surface area contributed by atoms with Gasteiger partial charge in [0.1, 0.15) is 11.5 Å². The minimum Gasteiger partial charge on any atom is -0.497 e. The first-order chi connectivity index (χ1) is 15.6. The highest BCUT2D eigenvalue weighted by Gasteiger charge is 2.37. The fourth-order valence-corrected chi connectivity index (χ4v) is 3.18. The van der Waals surface area contributed by atoms with E-state index in [0.717, 1.165) is 12.1 Å². The van der Waals surface area contributed by atoms with Gasteiger partial charge < -0.3 is 24.4 Å². The van der Waals surface area contributed by atoms with Gasteiger partial charge in [0.05, 0.1) is 13.0 Å². The molecule has 1 aliphatic heterocycles. The largest absolute Gasteiger partial charge is 0.573 e. The maximum Gasteiger partial charge on any atom is 0.573 e. The standard InChI is InChI=1S/C22H21F3N2O6/c1-13(20(29)26-15-3-7-18(8-4-15)33-22(23,24)25)32-21(30)14-11-19(28)27(12-14)16-5-9-17(31-2)10-6-16/h3-10,13-14H,11-12H2,1-2H3,(H,26,29)/t13-,14-/m1/s1. The third-order valence-corrected chi connectivity index (χ3v) is 4.86. The summed E-state index contributed by atoms with van der Waals surface area (Å²) in [5.41, 5.74) is 0.805. The van der Waals surface area contributed by atoms with Gasteiger partial charge in [0, 0.05) is 24.3 Å². The van der Waals surface area contributed by atoms with Crippen molar-refractivity contribution in [2.75, 3.05) is 23.9 Å². The van der Waals surface area contributed by atoms with Crippen LogP contribution in [0, 0.1) is 5.92 Å². The summed E-state index contributed by atoms with van der Waals surface area (Å²) in [4.78, 5) is 38.6. The molecule has 1 aliphatic rings. The van der Waals surface area contributed by atoms with Crippen molar-refractivity contribution in [3.05, 3.63) is 48.5 Å². The lowest BCUT2D eigenvalue weighted by molar-refractivity contribution is -0.274. The van der Waals surface area contributed by atoms with Crippen LogP contribution < -0.4 is 19.7 Å². The summed E-state index contributed by atoms with van der Waals surface area (Å²) in [5, 5.41) is 2.44. The molecule has 0 bridgehead atoms. The van der Waals surface area contributed by atoms with E-state index >= 15 is 0 Å². The van der Waals surface area contributed by atoms with Crippen molar-refractivity contribution in [1.82, 2.24) is 0 Å². The van der Waals surface area contributed by atoms with E-state index in [1.165, 1.54) is 31.1 Å². The molecule has 0 unspecified atom stereocenters. The molecule has 176 valence electrons. The second-order valence-electron chi connectivity index (χ2n) is 7.24. The first kappa shape index (κ1) is 23.9. The van der Waals surface area contributed by atoms with Gasteiger partial charge in [-0.15, -0.1) is 13.2 Å². The van der Waals surface area contributed by atoms with Gasteiger partial charge in [-0.25, -0.2) is 0 Å². The number of amides is 2. The predicted octanol–water partition coefficient (Wildman–Crippen LogP) is 3.52. The monoisotopic (exact) mass is 466 g/mol. The van der Waals surface area contributed by atoms with Crippen LogP contribution in [0.2, 0.25) is 0 Å². The molecule has 2 aromatic rings. The summed E-state index contributed by atoms with van der Waals surface area (Å²) in [6.45, 7) is 1.46. The number of anilines is 2. The number of rotatable bonds is 7. The van der Waals surface area contributed by atoms with Crippen LogP contribution in [-0.2, 0) is 19.1 Å². The molecule has 1 N–H and O–H groups in total. The van der Waals surface area contributed by atoms with Crippen LogP contribution in [0.4, 0.5) is 24.5 Å². The van der Waals surface area contributed by atoms with E-state index < -0.39 is 36.0 Å². The van der Waals surface area contributed by atoms with E-state index in [9.17, 15) is 27.6 Å². The molecule has 33 heavy (non-hydrogen) atoms. The smallest absolute Gasteiger partial charge is 0.497 e. The Balaban J connectivity index is 1.53. The number of hydrogen-bond donors (Lipinski definition) is 1. The Hall–Kier alpha value is -3.76. The molecule has 2 amide bonds. The first-order valence-electron chi connectivity index (χ1n) is 9.87. The van der Waals surface area contributed by atoms with E-state index in [-0.39, 0.29) is 24.6 Å². The Labute approximate surface area is 187 Å². The van der Waals surface area contributed by atoms with Crippen molar-refractivity contribution in [2.45, 2.75) is 25.8 Å². The van der Waals surface area contributed by atoms with Crippen molar-refractivity contribution in [3.63, 3.8) is 0 Å². The lowest BCUT2D eigenvalue weighted by Crippen LogP contribution is -2.33. The number of methoxy groups -OCH3 is 1. The zero-order valence-corrected chi connectivity index (χ0v) is 17.7. The van der Waals surface area contributed by atoms with E-state index in [4.69, 9.17) is 9.47 Å². The third-order valence-electron chi connectivity index (χ3n) is 4.86. The number of benzene rings is 2. The zero-order chi connectivity index (χ0) is 24.2. The van der Waals surface area contributed by atoms with E-state index in [0.29, 0.717) is 11.4 Å². The molecule has 0 saturated carbocycles. The summed E-state index contributed by atoms with van der Waals surface area (Å²) in [6, 6.07) is 11.3. The topological polar surface area (TPSA) is 94.2 Å². The Bertz CT molecular complexity index is 1010. The molecule has 8 nitrogen and oxygen atoms in total. The Morgan fingerprint density at radius 3 is 2.24 bits per heavy atom. The molecule has 0 radical (unpaired) electrons. The van der Waals surface area contributed by atoms with Crippen molar-refractivity contribution in [1.29, 1.82) is 0 Å². The lowest BCUT2D eigenvalue weighted by Gasteiger charge is -2.18. The van der Waals surface area contributed by atoms with Gasteiger partial charge in [-0.2, -0.15) is 0 Å². The van der Waals surface area contributed by atoms with E-state index in [1.54, 1.807) is 24.3 Å². The molecule has 11 heteroatoms. The Morgan fingerprint density at radius 1 is 1.06 bits per heavy atom. The number of halogens is 3. The van der Waals surface area contributed by atoms with Crippen molar-refractivity contribution < 1.29 is 41.8 Å². The number of alkyl halides is 3. The SMILES string of the molecule is COc1ccc(N2C[C@H](C(=O)O[C@H](C)C(=O)Nc3ccc(OC(F)(F)F)cc3)CC2=O)cc1. The minimum atomic E-state index is -4.82. The second kappa shape index (κ2) is 9.80. The average Bonchev–Trinajstić information content (AvgIpc) is 3.16. The number of ether oxygens (including phenoxy) is 3. The Kier molecular flexibility index (Phi) is 7.10. The number of nitrogens with one attached hydrogen (secondary N) is 1. The average molecular weight is 466 g/mol. The maximum atomic E-state index is 12.5. The zero-order valence-electron chi connectivity index (χ0n) is 17.7. The number of carbonyl (C=O) groups is 3. The minimum absolute atomic E-state index is 0.0557. The van der Waals surface area contributed by atoms with Gasteiger partial charge in [0.15, 0.2) is 6.10 Å². The van der Waals surface area contributed by atoms with E-state index in [2.05, 4.69) is 10.1 Å². The van der Waals surface area contributed by atoms with Crippen LogP contribution >= 0.6 is 0 Å². The quantitative estimate of drug-likeness (QED) is 0.628. The molecule has 0 aliphatic carbocycles.